The Kier molecular flexibility index (Phi) is 4.45. The zero-order valence-electron chi connectivity index (χ0n) is 11.8. The monoisotopic (exact) mass is 239 g/mol. The second kappa shape index (κ2) is 5.68. The molecule has 0 aliphatic carbocycles. The van der Waals surface area contributed by atoms with E-state index in [2.05, 4.69) is 36.1 Å². The van der Waals surface area contributed by atoms with Crippen molar-refractivity contribution in [3.8, 4) is 0 Å². The number of nitrogens with one attached hydrogen (secondary N) is 1. The molecule has 0 aromatic rings. The van der Waals surface area contributed by atoms with Gasteiger partial charge in [0.25, 0.3) is 0 Å². The number of hydrogen-bond acceptors (Lipinski definition) is 3. The van der Waals surface area contributed by atoms with Crippen LogP contribution in [0.25, 0.3) is 0 Å². The minimum Gasteiger partial charge on any atom is -0.313 e. The van der Waals surface area contributed by atoms with E-state index in [-0.39, 0.29) is 0 Å². The van der Waals surface area contributed by atoms with Crippen molar-refractivity contribution < 1.29 is 0 Å². The molecule has 2 aliphatic rings. The fourth-order valence-electron chi connectivity index (χ4n) is 2.94. The van der Waals surface area contributed by atoms with E-state index in [0.717, 1.165) is 6.04 Å². The van der Waals surface area contributed by atoms with Gasteiger partial charge in [0.2, 0.25) is 0 Å². The average molecular weight is 239 g/mol. The fraction of sp³-hybridized carbons (Fsp3) is 1.00. The molecule has 0 saturated carbocycles. The lowest BCUT2D eigenvalue weighted by Gasteiger charge is -2.40. The van der Waals surface area contributed by atoms with Gasteiger partial charge in [0.05, 0.1) is 0 Å². The summed E-state index contributed by atoms with van der Waals surface area (Å²) in [5, 5.41) is 3.82. The number of nitrogens with zero attached hydrogens (tertiary/aromatic N) is 2. The maximum Gasteiger partial charge on any atom is 0.00916 e. The van der Waals surface area contributed by atoms with Gasteiger partial charge < -0.3 is 15.1 Å². The van der Waals surface area contributed by atoms with Crippen LogP contribution in [-0.2, 0) is 0 Å². The van der Waals surface area contributed by atoms with E-state index >= 15 is 0 Å². The van der Waals surface area contributed by atoms with E-state index in [1.54, 1.807) is 0 Å². The summed E-state index contributed by atoms with van der Waals surface area (Å²) in [6.45, 7) is 8.74. The third-order valence-corrected chi connectivity index (χ3v) is 4.73. The molecule has 100 valence electrons. The second-order valence-electron chi connectivity index (χ2n) is 6.57. The molecule has 17 heavy (non-hydrogen) atoms. The van der Waals surface area contributed by atoms with Gasteiger partial charge in [-0.1, -0.05) is 6.92 Å². The van der Waals surface area contributed by atoms with Gasteiger partial charge in [0.15, 0.2) is 0 Å². The molecular formula is C14H29N3. The molecule has 0 spiro atoms. The molecule has 0 radical (unpaired) electrons. The molecule has 0 unspecified atom stereocenters. The highest BCUT2D eigenvalue weighted by Crippen LogP contribution is 2.29. The molecule has 0 bridgehead atoms. The van der Waals surface area contributed by atoms with Gasteiger partial charge in [-0.15, -0.1) is 0 Å². The lowest BCUT2D eigenvalue weighted by molar-refractivity contribution is 0.127. The first-order chi connectivity index (χ1) is 8.07. The summed E-state index contributed by atoms with van der Waals surface area (Å²) in [5.74, 6) is 0. The largest absolute Gasteiger partial charge is 0.313 e. The minimum atomic E-state index is 0.538. The highest BCUT2D eigenvalue weighted by molar-refractivity contribution is 4.85. The smallest absolute Gasteiger partial charge is 0.00916 e. The number of likely N-dealkylation sites (tertiary alicyclic amines) is 2. The molecule has 0 aromatic carbocycles. The van der Waals surface area contributed by atoms with E-state index in [0.29, 0.717) is 5.41 Å². The molecule has 3 nitrogen and oxygen atoms in total. The van der Waals surface area contributed by atoms with Crippen LogP contribution < -0.4 is 5.32 Å². The molecule has 0 atom stereocenters. The molecule has 2 saturated heterocycles. The van der Waals surface area contributed by atoms with Gasteiger partial charge in [0.1, 0.15) is 0 Å². The summed E-state index contributed by atoms with van der Waals surface area (Å²) in [6.07, 6.45) is 5.35. The lowest BCUT2D eigenvalue weighted by atomic mass is 9.80. The molecule has 2 fully saturated rings. The summed E-state index contributed by atoms with van der Waals surface area (Å²) >= 11 is 0. The van der Waals surface area contributed by atoms with Gasteiger partial charge in [-0.05, 0) is 71.4 Å². The summed E-state index contributed by atoms with van der Waals surface area (Å²) in [7, 11) is 4.47. The Morgan fingerprint density at radius 1 is 1.00 bits per heavy atom. The van der Waals surface area contributed by atoms with Gasteiger partial charge in [-0.25, -0.2) is 0 Å². The zero-order valence-corrected chi connectivity index (χ0v) is 11.8. The Balaban J connectivity index is 1.70. The van der Waals surface area contributed by atoms with Crippen molar-refractivity contribution in [3.63, 3.8) is 0 Å². The van der Waals surface area contributed by atoms with Crippen molar-refractivity contribution in [2.45, 2.75) is 38.6 Å². The summed E-state index contributed by atoms with van der Waals surface area (Å²) in [4.78, 5) is 4.90. The van der Waals surface area contributed by atoms with Crippen LogP contribution in [0.1, 0.15) is 32.6 Å². The highest BCUT2D eigenvalue weighted by Gasteiger charge is 2.29. The van der Waals surface area contributed by atoms with Crippen LogP contribution in [0.15, 0.2) is 0 Å². The number of piperidine rings is 2. The molecule has 0 amide bonds. The second-order valence-corrected chi connectivity index (χ2v) is 6.57. The van der Waals surface area contributed by atoms with Gasteiger partial charge in [-0.3, -0.25) is 0 Å². The molecule has 2 aliphatic heterocycles. The Bertz CT molecular complexity index is 226. The van der Waals surface area contributed by atoms with Gasteiger partial charge in [-0.2, -0.15) is 0 Å². The van der Waals surface area contributed by atoms with E-state index < -0.39 is 0 Å². The van der Waals surface area contributed by atoms with Crippen molar-refractivity contribution in [1.82, 2.24) is 15.1 Å². The van der Waals surface area contributed by atoms with Crippen molar-refractivity contribution >= 4 is 0 Å². The first kappa shape index (κ1) is 13.3. The van der Waals surface area contributed by atoms with Crippen LogP contribution in [-0.4, -0.2) is 62.7 Å². The summed E-state index contributed by atoms with van der Waals surface area (Å²) < 4.78 is 0. The Labute approximate surface area is 107 Å². The van der Waals surface area contributed by atoms with Crippen LogP contribution in [0.4, 0.5) is 0 Å². The Morgan fingerprint density at radius 2 is 1.53 bits per heavy atom. The van der Waals surface area contributed by atoms with Gasteiger partial charge in [0, 0.05) is 12.6 Å². The van der Waals surface area contributed by atoms with E-state index in [9.17, 15) is 0 Å². The van der Waals surface area contributed by atoms with E-state index in [1.165, 1.54) is 58.4 Å². The SMILES string of the molecule is CN1CCC(NCC2(C)CCN(C)CC2)CC1. The highest BCUT2D eigenvalue weighted by atomic mass is 15.1. The topological polar surface area (TPSA) is 18.5 Å². The predicted octanol–water partition coefficient (Wildman–Crippen LogP) is 1.40. The molecule has 2 rings (SSSR count). The Morgan fingerprint density at radius 3 is 2.12 bits per heavy atom. The van der Waals surface area contributed by atoms with Crippen LogP contribution >= 0.6 is 0 Å². The van der Waals surface area contributed by atoms with Crippen LogP contribution in [0.3, 0.4) is 0 Å². The maximum atomic E-state index is 3.82. The van der Waals surface area contributed by atoms with Crippen LogP contribution in [0, 0.1) is 5.41 Å². The molecule has 2 heterocycles. The fourth-order valence-corrected chi connectivity index (χ4v) is 2.94. The molecule has 1 N–H and O–H groups in total. The molecule has 3 heteroatoms. The third-order valence-electron chi connectivity index (χ3n) is 4.73. The summed E-state index contributed by atoms with van der Waals surface area (Å²) in [6, 6.07) is 0.766. The Hall–Kier alpha value is -0.120. The predicted molar refractivity (Wildman–Crippen MR) is 73.4 cm³/mol. The maximum absolute atomic E-state index is 3.82. The lowest BCUT2D eigenvalue weighted by Crippen LogP contribution is -2.47. The standard InChI is InChI=1S/C14H29N3/c1-14(6-10-17(3)11-7-14)12-15-13-4-8-16(2)9-5-13/h13,15H,4-12H2,1-3H3. The average Bonchev–Trinajstić information content (AvgIpc) is 2.33. The van der Waals surface area contributed by atoms with E-state index in [1.807, 2.05) is 0 Å². The van der Waals surface area contributed by atoms with Crippen molar-refractivity contribution in [2.75, 3.05) is 46.8 Å². The minimum absolute atomic E-state index is 0.538. The molecular weight excluding hydrogens is 210 g/mol. The van der Waals surface area contributed by atoms with E-state index in [4.69, 9.17) is 0 Å². The molecule has 0 aromatic heterocycles. The number of rotatable bonds is 3. The number of hydrogen-bond donors (Lipinski definition) is 1. The summed E-state index contributed by atoms with van der Waals surface area (Å²) in [5.41, 5.74) is 0.538. The van der Waals surface area contributed by atoms with Gasteiger partial charge >= 0.3 is 0 Å². The van der Waals surface area contributed by atoms with Crippen LogP contribution in [0.2, 0.25) is 0 Å². The van der Waals surface area contributed by atoms with Crippen LogP contribution in [0.5, 0.6) is 0 Å². The quantitative estimate of drug-likeness (QED) is 0.803. The van der Waals surface area contributed by atoms with Crippen molar-refractivity contribution in [3.05, 3.63) is 0 Å². The van der Waals surface area contributed by atoms with Crippen molar-refractivity contribution in [2.24, 2.45) is 5.41 Å². The first-order valence-electron chi connectivity index (χ1n) is 7.18. The van der Waals surface area contributed by atoms with Crippen molar-refractivity contribution in [1.29, 1.82) is 0 Å². The zero-order chi connectivity index (χ0) is 12.3. The first-order valence-corrected chi connectivity index (χ1v) is 7.18. The normalized spacial score (nSPS) is 28.4. The third kappa shape index (κ3) is 3.94.